The molecule has 1 aromatic rings. The molecule has 0 aliphatic carbocycles. The smallest absolute Gasteiger partial charge is 0.119 e. The molecule has 0 aromatic heterocycles. The lowest BCUT2D eigenvalue weighted by Crippen LogP contribution is -2.42. The highest BCUT2D eigenvalue weighted by atomic mass is 16.5. The summed E-state index contributed by atoms with van der Waals surface area (Å²) >= 11 is 0. The predicted octanol–water partition coefficient (Wildman–Crippen LogP) is 2.13. The van der Waals surface area contributed by atoms with Gasteiger partial charge in [-0.2, -0.15) is 0 Å². The zero-order chi connectivity index (χ0) is 14.6. The monoisotopic (exact) mass is 278 g/mol. The zero-order valence-electron chi connectivity index (χ0n) is 12.5. The summed E-state index contributed by atoms with van der Waals surface area (Å²) in [5.41, 5.74) is 6.78. The van der Waals surface area contributed by atoms with Crippen molar-refractivity contribution in [2.75, 3.05) is 32.0 Å². The average Bonchev–Trinajstić information content (AvgIpc) is 2.41. The van der Waals surface area contributed by atoms with Crippen molar-refractivity contribution in [3.05, 3.63) is 24.3 Å². The van der Waals surface area contributed by atoms with Gasteiger partial charge in [-0.05, 0) is 55.6 Å². The summed E-state index contributed by atoms with van der Waals surface area (Å²) in [6.07, 6.45) is 1.94. The van der Waals surface area contributed by atoms with Gasteiger partial charge in [0.05, 0.1) is 0 Å². The molecule has 0 saturated carbocycles. The molecular weight excluding hydrogens is 252 g/mol. The largest absolute Gasteiger partial charge is 0.491 e. The zero-order valence-corrected chi connectivity index (χ0v) is 12.5. The van der Waals surface area contributed by atoms with Crippen LogP contribution in [0.1, 0.15) is 26.7 Å². The molecule has 4 heteroatoms. The number of nitrogen functional groups attached to an aromatic ring is 1. The highest BCUT2D eigenvalue weighted by Crippen LogP contribution is 2.29. The molecule has 1 saturated heterocycles. The molecule has 1 atom stereocenters. The van der Waals surface area contributed by atoms with Gasteiger partial charge in [-0.25, -0.2) is 0 Å². The minimum atomic E-state index is -0.450. The van der Waals surface area contributed by atoms with E-state index in [1.54, 1.807) is 12.1 Å². The Bertz CT molecular complexity index is 407. The molecule has 1 aliphatic rings. The van der Waals surface area contributed by atoms with Gasteiger partial charge < -0.3 is 20.5 Å². The minimum Gasteiger partial charge on any atom is -0.491 e. The first-order chi connectivity index (χ1) is 9.44. The van der Waals surface area contributed by atoms with Crippen molar-refractivity contribution >= 4 is 5.69 Å². The Morgan fingerprint density at radius 2 is 1.85 bits per heavy atom. The summed E-state index contributed by atoms with van der Waals surface area (Å²) < 4.78 is 5.57. The van der Waals surface area contributed by atoms with Crippen LogP contribution in [0.2, 0.25) is 0 Å². The van der Waals surface area contributed by atoms with Gasteiger partial charge >= 0.3 is 0 Å². The predicted molar refractivity (Wildman–Crippen MR) is 81.8 cm³/mol. The van der Waals surface area contributed by atoms with Crippen LogP contribution < -0.4 is 10.5 Å². The van der Waals surface area contributed by atoms with E-state index in [9.17, 15) is 5.11 Å². The first-order valence-corrected chi connectivity index (χ1v) is 7.33. The van der Waals surface area contributed by atoms with Gasteiger partial charge in [-0.1, -0.05) is 13.8 Å². The lowest BCUT2D eigenvalue weighted by Gasteiger charge is -2.37. The fourth-order valence-electron chi connectivity index (χ4n) is 2.45. The number of aliphatic hydroxyl groups excluding tert-OH is 1. The first-order valence-electron chi connectivity index (χ1n) is 7.33. The second-order valence-electron chi connectivity index (χ2n) is 6.50. The van der Waals surface area contributed by atoms with E-state index in [1.807, 2.05) is 12.1 Å². The summed E-state index contributed by atoms with van der Waals surface area (Å²) in [6, 6.07) is 7.25. The number of nitrogens with two attached hydrogens (primary N) is 1. The molecule has 1 fully saturated rings. The normalized spacial score (nSPS) is 20.6. The second-order valence-corrected chi connectivity index (χ2v) is 6.50. The van der Waals surface area contributed by atoms with Gasteiger partial charge in [0.25, 0.3) is 0 Å². The number of nitrogens with zero attached hydrogens (tertiary/aromatic N) is 1. The van der Waals surface area contributed by atoms with Crippen LogP contribution in [0.5, 0.6) is 5.75 Å². The summed E-state index contributed by atoms with van der Waals surface area (Å²) in [4.78, 5) is 2.32. The van der Waals surface area contributed by atoms with Crippen molar-refractivity contribution in [3.8, 4) is 5.75 Å². The summed E-state index contributed by atoms with van der Waals surface area (Å²) in [7, 11) is 0. The molecule has 0 amide bonds. The van der Waals surface area contributed by atoms with Gasteiger partial charge in [0.2, 0.25) is 0 Å². The Morgan fingerprint density at radius 1 is 1.25 bits per heavy atom. The number of aliphatic hydroxyl groups is 1. The maximum atomic E-state index is 10.1. The Kier molecular flexibility index (Phi) is 4.89. The average molecular weight is 278 g/mol. The van der Waals surface area contributed by atoms with Crippen LogP contribution in [0.25, 0.3) is 0 Å². The van der Waals surface area contributed by atoms with Crippen LogP contribution in [-0.2, 0) is 0 Å². The van der Waals surface area contributed by atoms with Gasteiger partial charge in [-0.3, -0.25) is 0 Å². The Balaban J connectivity index is 1.70. The van der Waals surface area contributed by atoms with Crippen molar-refractivity contribution in [3.63, 3.8) is 0 Å². The first kappa shape index (κ1) is 15.1. The van der Waals surface area contributed by atoms with Gasteiger partial charge in [0.15, 0.2) is 0 Å². The highest BCUT2D eigenvalue weighted by Gasteiger charge is 2.26. The van der Waals surface area contributed by atoms with E-state index < -0.39 is 6.10 Å². The van der Waals surface area contributed by atoms with Crippen LogP contribution >= 0.6 is 0 Å². The van der Waals surface area contributed by atoms with Crippen molar-refractivity contribution < 1.29 is 9.84 Å². The SMILES string of the molecule is CC1(C)CCN(CC(O)COc2ccc(N)cc2)CC1. The lowest BCUT2D eigenvalue weighted by atomic mass is 9.82. The molecule has 1 aromatic carbocycles. The molecule has 112 valence electrons. The molecule has 0 spiro atoms. The van der Waals surface area contributed by atoms with Crippen molar-refractivity contribution in [2.24, 2.45) is 5.41 Å². The molecule has 20 heavy (non-hydrogen) atoms. The van der Waals surface area contributed by atoms with Gasteiger partial charge in [0, 0.05) is 12.2 Å². The van der Waals surface area contributed by atoms with Crippen molar-refractivity contribution in [2.45, 2.75) is 32.8 Å². The Morgan fingerprint density at radius 3 is 2.45 bits per heavy atom. The maximum absolute atomic E-state index is 10.1. The molecule has 4 nitrogen and oxygen atoms in total. The summed E-state index contributed by atoms with van der Waals surface area (Å²) in [5.74, 6) is 0.748. The van der Waals surface area contributed by atoms with E-state index >= 15 is 0 Å². The van der Waals surface area contributed by atoms with E-state index in [2.05, 4.69) is 18.7 Å². The Hall–Kier alpha value is -1.26. The fraction of sp³-hybridized carbons (Fsp3) is 0.625. The fourth-order valence-corrected chi connectivity index (χ4v) is 2.45. The third-order valence-corrected chi connectivity index (χ3v) is 4.00. The van der Waals surface area contributed by atoms with Crippen LogP contribution in [0.15, 0.2) is 24.3 Å². The van der Waals surface area contributed by atoms with Crippen LogP contribution in [-0.4, -0.2) is 42.4 Å². The number of hydrogen-bond donors (Lipinski definition) is 2. The summed E-state index contributed by atoms with van der Waals surface area (Å²) in [6.45, 7) is 7.75. The number of β-amino-alcohol motifs (C(OH)–C–C–N with tert-alkyl or cyclic N) is 1. The molecule has 1 aliphatic heterocycles. The van der Waals surface area contributed by atoms with Crippen LogP contribution in [0.3, 0.4) is 0 Å². The highest BCUT2D eigenvalue weighted by molar-refractivity contribution is 5.41. The number of anilines is 1. The third-order valence-electron chi connectivity index (χ3n) is 4.00. The molecular formula is C16H26N2O2. The van der Waals surface area contributed by atoms with E-state index in [0.29, 0.717) is 24.3 Å². The molecule has 3 N–H and O–H groups in total. The number of ether oxygens (including phenoxy) is 1. The quantitative estimate of drug-likeness (QED) is 0.810. The minimum absolute atomic E-state index is 0.323. The number of likely N-dealkylation sites (tertiary alicyclic amines) is 1. The topological polar surface area (TPSA) is 58.7 Å². The van der Waals surface area contributed by atoms with E-state index in [-0.39, 0.29) is 0 Å². The second kappa shape index (κ2) is 6.46. The number of rotatable bonds is 5. The molecule has 2 rings (SSSR count). The van der Waals surface area contributed by atoms with Gasteiger partial charge in [0.1, 0.15) is 18.5 Å². The van der Waals surface area contributed by atoms with E-state index in [4.69, 9.17) is 10.5 Å². The molecule has 1 unspecified atom stereocenters. The number of piperidine rings is 1. The Labute approximate surface area is 121 Å². The standard InChI is InChI=1S/C16H26N2O2/c1-16(2)7-9-18(10-8-16)11-14(19)12-20-15-5-3-13(17)4-6-15/h3-6,14,19H,7-12,17H2,1-2H3. The van der Waals surface area contributed by atoms with Crippen molar-refractivity contribution in [1.29, 1.82) is 0 Å². The van der Waals surface area contributed by atoms with E-state index in [1.165, 1.54) is 12.8 Å². The van der Waals surface area contributed by atoms with Crippen molar-refractivity contribution in [1.82, 2.24) is 4.90 Å². The molecule has 1 heterocycles. The van der Waals surface area contributed by atoms with Crippen LogP contribution in [0, 0.1) is 5.41 Å². The molecule has 0 radical (unpaired) electrons. The number of hydrogen-bond acceptors (Lipinski definition) is 4. The number of benzene rings is 1. The van der Waals surface area contributed by atoms with Crippen LogP contribution in [0.4, 0.5) is 5.69 Å². The van der Waals surface area contributed by atoms with Gasteiger partial charge in [-0.15, -0.1) is 0 Å². The summed E-state index contributed by atoms with van der Waals surface area (Å²) in [5, 5.41) is 10.1. The maximum Gasteiger partial charge on any atom is 0.119 e. The lowest BCUT2D eigenvalue weighted by molar-refractivity contribution is 0.0442. The molecule has 0 bridgehead atoms. The van der Waals surface area contributed by atoms with E-state index in [0.717, 1.165) is 18.8 Å². The third kappa shape index (κ3) is 4.69.